The van der Waals surface area contributed by atoms with Crippen LogP contribution in [0.2, 0.25) is 0 Å². The van der Waals surface area contributed by atoms with Crippen molar-refractivity contribution in [1.29, 1.82) is 0 Å². The zero-order valence-electron chi connectivity index (χ0n) is 13.5. The van der Waals surface area contributed by atoms with Gasteiger partial charge in [0.2, 0.25) is 5.95 Å². The lowest BCUT2D eigenvalue weighted by molar-refractivity contribution is 0.461. The maximum Gasteiger partial charge on any atom is 0.237 e. The van der Waals surface area contributed by atoms with E-state index in [9.17, 15) is 5.11 Å². The van der Waals surface area contributed by atoms with Crippen LogP contribution in [-0.2, 0) is 0 Å². The summed E-state index contributed by atoms with van der Waals surface area (Å²) in [5.41, 5.74) is 1.86. The molecule has 4 rings (SSSR count). The predicted molar refractivity (Wildman–Crippen MR) is 91.3 cm³/mol. The zero-order valence-corrected chi connectivity index (χ0v) is 13.5. The maximum absolute atomic E-state index is 10.2. The minimum atomic E-state index is 0.135. The molecule has 6 heteroatoms. The molecular formula is C18H19N5O. The first-order valence-electron chi connectivity index (χ1n) is 8.11. The quantitative estimate of drug-likeness (QED) is 0.803. The Labute approximate surface area is 140 Å². The Bertz CT molecular complexity index is 846. The van der Waals surface area contributed by atoms with Gasteiger partial charge >= 0.3 is 0 Å². The average Bonchev–Trinajstić information content (AvgIpc) is 3.26. The molecule has 0 spiro atoms. The molecule has 6 nitrogen and oxygen atoms in total. The first-order valence-corrected chi connectivity index (χ1v) is 8.11. The number of rotatable bonds is 3. The lowest BCUT2D eigenvalue weighted by Crippen LogP contribution is -2.24. The molecule has 1 fully saturated rings. The van der Waals surface area contributed by atoms with Crippen molar-refractivity contribution in [3.05, 3.63) is 60.3 Å². The van der Waals surface area contributed by atoms with Crippen molar-refractivity contribution in [2.24, 2.45) is 0 Å². The van der Waals surface area contributed by atoms with Gasteiger partial charge in [0, 0.05) is 36.3 Å². The molecule has 0 bridgehead atoms. The summed E-state index contributed by atoms with van der Waals surface area (Å²) >= 11 is 0. The van der Waals surface area contributed by atoms with Crippen LogP contribution in [-0.4, -0.2) is 31.2 Å². The van der Waals surface area contributed by atoms with E-state index in [0.29, 0.717) is 11.7 Å². The second-order valence-corrected chi connectivity index (χ2v) is 6.05. The van der Waals surface area contributed by atoms with Gasteiger partial charge in [0.15, 0.2) is 0 Å². The number of hydrogen-bond acceptors (Lipinski definition) is 5. The van der Waals surface area contributed by atoms with Crippen molar-refractivity contribution in [2.45, 2.75) is 25.8 Å². The fourth-order valence-electron chi connectivity index (χ4n) is 3.31. The Morgan fingerprint density at radius 1 is 1.21 bits per heavy atom. The third kappa shape index (κ3) is 2.60. The second-order valence-electron chi connectivity index (χ2n) is 6.05. The van der Waals surface area contributed by atoms with Crippen molar-refractivity contribution in [1.82, 2.24) is 19.5 Å². The molecule has 1 aromatic carbocycles. The Morgan fingerprint density at radius 3 is 2.88 bits per heavy atom. The summed E-state index contributed by atoms with van der Waals surface area (Å²) in [6, 6.07) is 9.68. The lowest BCUT2D eigenvalue weighted by atomic mass is 10.0. The van der Waals surface area contributed by atoms with Gasteiger partial charge in [0.25, 0.3) is 0 Å². The number of aryl methyl sites for hydroxylation is 1. The molecule has 1 saturated heterocycles. The van der Waals surface area contributed by atoms with Crippen molar-refractivity contribution in [3.8, 4) is 11.7 Å². The fourth-order valence-corrected chi connectivity index (χ4v) is 3.31. The summed E-state index contributed by atoms with van der Waals surface area (Å²) in [6.07, 6.45) is 7.32. The highest BCUT2D eigenvalue weighted by Crippen LogP contribution is 2.38. The van der Waals surface area contributed by atoms with Crippen LogP contribution < -0.4 is 4.90 Å². The first kappa shape index (κ1) is 14.7. The number of hydrogen-bond donors (Lipinski definition) is 1. The molecule has 2 aromatic heterocycles. The summed E-state index contributed by atoms with van der Waals surface area (Å²) in [4.78, 5) is 15.5. The number of anilines is 1. The molecule has 3 aromatic rings. The molecule has 3 heterocycles. The average molecular weight is 321 g/mol. The molecule has 1 aliphatic rings. The van der Waals surface area contributed by atoms with Crippen molar-refractivity contribution in [2.75, 3.05) is 11.4 Å². The van der Waals surface area contributed by atoms with Crippen LogP contribution in [0.15, 0.2) is 49.1 Å². The number of aromatic nitrogens is 4. The molecule has 1 aliphatic heterocycles. The molecule has 0 amide bonds. The highest BCUT2D eigenvalue weighted by molar-refractivity contribution is 5.49. The van der Waals surface area contributed by atoms with Crippen molar-refractivity contribution in [3.63, 3.8) is 0 Å². The van der Waals surface area contributed by atoms with Gasteiger partial charge in [-0.05, 0) is 25.8 Å². The van der Waals surface area contributed by atoms with Crippen LogP contribution in [0.4, 0.5) is 5.82 Å². The Morgan fingerprint density at radius 2 is 2.08 bits per heavy atom. The van der Waals surface area contributed by atoms with Crippen molar-refractivity contribution < 1.29 is 5.11 Å². The summed E-state index contributed by atoms with van der Waals surface area (Å²) in [5, 5.41) is 10.2. The van der Waals surface area contributed by atoms with Gasteiger partial charge in [0.1, 0.15) is 17.9 Å². The molecular weight excluding hydrogens is 302 g/mol. The van der Waals surface area contributed by atoms with Gasteiger partial charge in [-0.3, -0.25) is 4.57 Å². The summed E-state index contributed by atoms with van der Waals surface area (Å²) in [6.45, 7) is 2.88. The predicted octanol–water partition coefficient (Wildman–Crippen LogP) is 3.02. The van der Waals surface area contributed by atoms with E-state index in [-0.39, 0.29) is 6.04 Å². The van der Waals surface area contributed by atoms with Crippen LogP contribution in [0.1, 0.15) is 30.1 Å². The monoisotopic (exact) mass is 321 g/mol. The van der Waals surface area contributed by atoms with Crippen LogP contribution in [0.3, 0.4) is 0 Å². The van der Waals surface area contributed by atoms with Crippen LogP contribution in [0, 0.1) is 6.92 Å². The first-order chi connectivity index (χ1) is 11.7. The normalized spacial score (nSPS) is 17.4. The maximum atomic E-state index is 10.2. The number of phenols is 1. The van der Waals surface area contributed by atoms with Gasteiger partial charge < -0.3 is 10.0 Å². The third-order valence-electron chi connectivity index (χ3n) is 4.41. The highest BCUT2D eigenvalue weighted by Gasteiger charge is 2.29. The van der Waals surface area contributed by atoms with E-state index in [2.05, 4.69) is 14.9 Å². The van der Waals surface area contributed by atoms with Crippen LogP contribution in [0.5, 0.6) is 5.75 Å². The minimum Gasteiger partial charge on any atom is -0.508 e. The number of aromatic hydroxyl groups is 1. The molecule has 24 heavy (non-hydrogen) atoms. The number of imidazole rings is 1. The second kappa shape index (κ2) is 5.96. The number of phenolic OH excluding ortho intramolecular Hbond substituents is 1. The molecule has 1 N–H and O–H groups in total. The lowest BCUT2D eigenvalue weighted by Gasteiger charge is -2.27. The Hall–Kier alpha value is -2.89. The number of nitrogens with zero attached hydrogens (tertiary/aromatic N) is 5. The number of benzene rings is 1. The van der Waals surface area contributed by atoms with E-state index < -0.39 is 0 Å². The summed E-state index contributed by atoms with van der Waals surface area (Å²) in [7, 11) is 0. The molecule has 122 valence electrons. The molecule has 0 radical (unpaired) electrons. The van der Waals surface area contributed by atoms with E-state index in [1.54, 1.807) is 18.6 Å². The van der Waals surface area contributed by atoms with E-state index in [0.717, 1.165) is 36.5 Å². The van der Waals surface area contributed by atoms with Gasteiger partial charge in [-0.15, -0.1) is 0 Å². The summed E-state index contributed by atoms with van der Waals surface area (Å²) < 4.78 is 1.81. The Kier molecular flexibility index (Phi) is 3.65. The minimum absolute atomic E-state index is 0.135. The van der Waals surface area contributed by atoms with Gasteiger partial charge in [0.05, 0.1) is 6.04 Å². The van der Waals surface area contributed by atoms with Gasteiger partial charge in [-0.25, -0.2) is 9.97 Å². The highest BCUT2D eigenvalue weighted by atomic mass is 16.3. The molecule has 0 saturated carbocycles. The molecule has 1 atom stereocenters. The smallest absolute Gasteiger partial charge is 0.237 e. The molecule has 1 unspecified atom stereocenters. The number of para-hydroxylation sites is 1. The van der Waals surface area contributed by atoms with Crippen LogP contribution >= 0.6 is 0 Å². The van der Waals surface area contributed by atoms with Crippen molar-refractivity contribution >= 4 is 5.82 Å². The fraction of sp³-hybridized carbons (Fsp3) is 0.278. The van der Waals surface area contributed by atoms with E-state index >= 15 is 0 Å². The van der Waals surface area contributed by atoms with Gasteiger partial charge in [-0.2, -0.15) is 4.98 Å². The van der Waals surface area contributed by atoms with E-state index in [1.807, 2.05) is 42.0 Å². The largest absolute Gasteiger partial charge is 0.508 e. The van der Waals surface area contributed by atoms with E-state index in [4.69, 9.17) is 4.98 Å². The van der Waals surface area contributed by atoms with E-state index in [1.165, 1.54) is 0 Å². The topological polar surface area (TPSA) is 67.1 Å². The van der Waals surface area contributed by atoms with Gasteiger partial charge in [-0.1, -0.05) is 18.2 Å². The standard InChI is InChI=1S/C18H19N5O/c1-13-11-17(21-18(20-13)22-10-8-19-12-22)23-9-4-6-15(23)14-5-2-3-7-16(14)24/h2-3,5,7-8,10-12,15,24H,4,6,9H2,1H3. The third-order valence-corrected chi connectivity index (χ3v) is 4.41. The Balaban J connectivity index is 1.74. The SMILES string of the molecule is Cc1cc(N2CCCC2c2ccccc2O)nc(-n2ccnc2)n1. The summed E-state index contributed by atoms with van der Waals surface area (Å²) in [5.74, 6) is 1.84. The van der Waals surface area contributed by atoms with Crippen LogP contribution in [0.25, 0.3) is 5.95 Å². The zero-order chi connectivity index (χ0) is 16.5. The molecule has 0 aliphatic carbocycles.